The topological polar surface area (TPSA) is 75.7 Å². The largest absolute Gasteiger partial charge is 0.476 e. The average molecular weight is 403 g/mol. The van der Waals surface area contributed by atoms with Gasteiger partial charge in [0.1, 0.15) is 5.75 Å². The number of carbonyl (C=O) groups excluding carboxylic acids is 1. The quantitative estimate of drug-likeness (QED) is 0.737. The van der Waals surface area contributed by atoms with E-state index in [9.17, 15) is 13.2 Å². The molecule has 0 spiro atoms. The van der Waals surface area contributed by atoms with Gasteiger partial charge in [-0.1, -0.05) is 55.5 Å². The number of amides is 1. The van der Waals surface area contributed by atoms with Crippen LogP contribution in [0, 0.1) is 0 Å². The molecule has 0 saturated carbocycles. The van der Waals surface area contributed by atoms with Crippen LogP contribution in [0.15, 0.2) is 60.7 Å². The Bertz CT molecular complexity index is 872. The van der Waals surface area contributed by atoms with Crippen LogP contribution in [-0.4, -0.2) is 44.1 Å². The Labute approximate surface area is 166 Å². The number of hydrogen-bond acceptors (Lipinski definition) is 4. The molecule has 1 amide bonds. The zero-order valence-electron chi connectivity index (χ0n) is 16.0. The number of nitrogens with one attached hydrogen (secondary N) is 1. The minimum absolute atomic E-state index is 0.0984. The van der Waals surface area contributed by atoms with Crippen molar-refractivity contribution in [3.8, 4) is 5.75 Å². The van der Waals surface area contributed by atoms with Crippen LogP contribution in [0.2, 0.25) is 0 Å². The first-order valence-corrected chi connectivity index (χ1v) is 11.2. The van der Waals surface area contributed by atoms with Gasteiger partial charge in [0.05, 0.1) is 5.75 Å². The summed E-state index contributed by atoms with van der Waals surface area (Å²) in [5, 5.41) is 0. The zero-order valence-corrected chi connectivity index (χ0v) is 16.8. The SMILES string of the molecule is CCCS(=O)(=O)N[C@@H]1CCN(C(=O)[C@H](Oc2ccccc2)c2ccccc2)C1. The van der Waals surface area contributed by atoms with E-state index in [1.165, 1.54) is 0 Å². The minimum Gasteiger partial charge on any atom is -0.476 e. The second kappa shape index (κ2) is 9.21. The normalized spacial score (nSPS) is 18.0. The van der Waals surface area contributed by atoms with Gasteiger partial charge in [-0.05, 0) is 25.0 Å². The van der Waals surface area contributed by atoms with Gasteiger partial charge in [-0.15, -0.1) is 0 Å². The van der Waals surface area contributed by atoms with Gasteiger partial charge in [-0.2, -0.15) is 0 Å². The third kappa shape index (κ3) is 5.33. The first-order valence-electron chi connectivity index (χ1n) is 9.54. The molecule has 3 rings (SSSR count). The second-order valence-corrected chi connectivity index (χ2v) is 8.80. The highest BCUT2D eigenvalue weighted by Crippen LogP contribution is 2.25. The molecule has 6 nitrogen and oxygen atoms in total. The number of ether oxygens (including phenoxy) is 1. The van der Waals surface area contributed by atoms with Gasteiger partial charge in [0.25, 0.3) is 5.91 Å². The van der Waals surface area contributed by atoms with E-state index >= 15 is 0 Å². The van der Waals surface area contributed by atoms with Gasteiger partial charge in [-0.3, -0.25) is 4.79 Å². The lowest BCUT2D eigenvalue weighted by Crippen LogP contribution is -2.41. The number of para-hydroxylation sites is 1. The molecule has 28 heavy (non-hydrogen) atoms. The average Bonchev–Trinajstić information content (AvgIpc) is 3.14. The van der Waals surface area contributed by atoms with E-state index in [1.54, 1.807) is 4.90 Å². The first-order chi connectivity index (χ1) is 13.5. The van der Waals surface area contributed by atoms with Crippen LogP contribution in [0.4, 0.5) is 0 Å². The Hall–Kier alpha value is -2.38. The van der Waals surface area contributed by atoms with Gasteiger partial charge in [0.2, 0.25) is 16.1 Å². The number of hydrogen-bond donors (Lipinski definition) is 1. The molecule has 0 unspecified atom stereocenters. The highest BCUT2D eigenvalue weighted by molar-refractivity contribution is 7.89. The van der Waals surface area contributed by atoms with E-state index in [0.717, 1.165) is 5.56 Å². The van der Waals surface area contributed by atoms with Crippen LogP contribution >= 0.6 is 0 Å². The predicted octanol–water partition coefficient (Wildman–Crippen LogP) is 2.74. The maximum Gasteiger partial charge on any atom is 0.268 e. The molecular formula is C21H26N2O4S. The highest BCUT2D eigenvalue weighted by atomic mass is 32.2. The van der Waals surface area contributed by atoms with E-state index in [0.29, 0.717) is 31.7 Å². The van der Waals surface area contributed by atoms with Crippen LogP contribution in [0.3, 0.4) is 0 Å². The number of sulfonamides is 1. The molecule has 2 atom stereocenters. The molecule has 150 valence electrons. The molecule has 0 radical (unpaired) electrons. The summed E-state index contributed by atoms with van der Waals surface area (Å²) in [6, 6.07) is 18.3. The predicted molar refractivity (Wildman–Crippen MR) is 108 cm³/mol. The molecule has 2 aromatic rings. The van der Waals surface area contributed by atoms with Crippen molar-refractivity contribution in [1.29, 1.82) is 0 Å². The molecular weight excluding hydrogens is 376 g/mol. The lowest BCUT2D eigenvalue weighted by atomic mass is 10.1. The van der Waals surface area contributed by atoms with Crippen molar-refractivity contribution < 1.29 is 17.9 Å². The maximum atomic E-state index is 13.2. The van der Waals surface area contributed by atoms with Crippen LogP contribution < -0.4 is 9.46 Å². The van der Waals surface area contributed by atoms with Gasteiger partial charge in [-0.25, -0.2) is 13.1 Å². The number of carbonyl (C=O) groups is 1. The molecule has 1 N–H and O–H groups in total. The lowest BCUT2D eigenvalue weighted by Gasteiger charge is -2.25. The molecule has 1 aliphatic heterocycles. The van der Waals surface area contributed by atoms with Crippen LogP contribution in [-0.2, 0) is 14.8 Å². The van der Waals surface area contributed by atoms with Crippen molar-refractivity contribution in [3.05, 3.63) is 66.2 Å². The van der Waals surface area contributed by atoms with E-state index in [4.69, 9.17) is 4.74 Å². The van der Waals surface area contributed by atoms with Crippen LogP contribution in [0.5, 0.6) is 5.75 Å². The van der Waals surface area contributed by atoms with Crippen molar-refractivity contribution in [2.24, 2.45) is 0 Å². The Morgan fingerprint density at radius 2 is 1.79 bits per heavy atom. The van der Waals surface area contributed by atoms with Gasteiger partial charge >= 0.3 is 0 Å². The van der Waals surface area contributed by atoms with E-state index < -0.39 is 16.1 Å². The number of nitrogens with zero attached hydrogens (tertiary/aromatic N) is 1. The van der Waals surface area contributed by atoms with Crippen molar-refractivity contribution in [1.82, 2.24) is 9.62 Å². The molecule has 1 fully saturated rings. The highest BCUT2D eigenvalue weighted by Gasteiger charge is 2.34. The Morgan fingerprint density at radius 1 is 1.14 bits per heavy atom. The Balaban J connectivity index is 1.73. The monoisotopic (exact) mass is 402 g/mol. The fourth-order valence-electron chi connectivity index (χ4n) is 3.33. The second-order valence-electron chi connectivity index (χ2n) is 6.93. The van der Waals surface area contributed by atoms with Crippen molar-refractivity contribution in [3.63, 3.8) is 0 Å². The van der Waals surface area contributed by atoms with Gasteiger partial charge in [0, 0.05) is 24.7 Å². The summed E-state index contributed by atoms with van der Waals surface area (Å²) in [6.45, 7) is 2.68. The number of likely N-dealkylation sites (tertiary alicyclic amines) is 1. The molecule has 7 heteroatoms. The lowest BCUT2D eigenvalue weighted by molar-refractivity contribution is -0.138. The van der Waals surface area contributed by atoms with E-state index in [2.05, 4.69) is 4.72 Å². The molecule has 1 saturated heterocycles. The molecule has 1 aliphatic rings. The van der Waals surface area contributed by atoms with Gasteiger partial charge < -0.3 is 9.64 Å². The molecule has 1 heterocycles. The Morgan fingerprint density at radius 3 is 2.43 bits per heavy atom. The zero-order chi connectivity index (χ0) is 20.0. The first kappa shape index (κ1) is 20.4. The van der Waals surface area contributed by atoms with Crippen LogP contribution in [0.1, 0.15) is 31.4 Å². The minimum atomic E-state index is -3.30. The third-order valence-electron chi connectivity index (χ3n) is 4.64. The van der Waals surface area contributed by atoms with E-state index in [1.807, 2.05) is 67.6 Å². The van der Waals surface area contributed by atoms with Crippen molar-refractivity contribution >= 4 is 15.9 Å². The number of rotatable bonds is 8. The van der Waals surface area contributed by atoms with Crippen LogP contribution in [0.25, 0.3) is 0 Å². The van der Waals surface area contributed by atoms with Gasteiger partial charge in [0.15, 0.2) is 0 Å². The Kier molecular flexibility index (Phi) is 6.70. The summed E-state index contributed by atoms with van der Waals surface area (Å²) in [5.74, 6) is 0.553. The summed E-state index contributed by atoms with van der Waals surface area (Å²) in [4.78, 5) is 14.9. The summed E-state index contributed by atoms with van der Waals surface area (Å²) >= 11 is 0. The molecule has 0 aromatic heterocycles. The third-order valence-corrected chi connectivity index (χ3v) is 6.28. The molecule has 2 aromatic carbocycles. The molecule has 0 bridgehead atoms. The molecule has 0 aliphatic carbocycles. The van der Waals surface area contributed by atoms with E-state index in [-0.39, 0.29) is 17.7 Å². The summed E-state index contributed by atoms with van der Waals surface area (Å²) in [5.41, 5.74) is 0.770. The summed E-state index contributed by atoms with van der Waals surface area (Å²) < 4.78 is 32.8. The maximum absolute atomic E-state index is 13.2. The summed E-state index contributed by atoms with van der Waals surface area (Å²) in [7, 11) is -3.30. The van der Waals surface area contributed by atoms with Crippen molar-refractivity contribution in [2.75, 3.05) is 18.8 Å². The summed E-state index contributed by atoms with van der Waals surface area (Å²) in [6.07, 6.45) is 0.391. The fourth-order valence-corrected chi connectivity index (χ4v) is 4.68. The smallest absolute Gasteiger partial charge is 0.268 e. The fraction of sp³-hybridized carbons (Fsp3) is 0.381. The number of benzene rings is 2. The standard InChI is InChI=1S/C21H26N2O4S/c1-2-15-28(25,26)22-18-13-14-23(16-18)21(24)20(17-9-5-3-6-10-17)27-19-11-7-4-8-12-19/h3-12,18,20,22H,2,13-16H2,1H3/t18-,20-/m1/s1. The van der Waals surface area contributed by atoms with Crippen molar-refractivity contribution in [2.45, 2.75) is 31.9 Å².